The van der Waals surface area contributed by atoms with E-state index in [0.717, 1.165) is 13.0 Å². The van der Waals surface area contributed by atoms with E-state index in [0.29, 0.717) is 0 Å². The van der Waals surface area contributed by atoms with E-state index in [9.17, 15) is 4.79 Å². The Morgan fingerprint density at radius 3 is 2.70 bits per heavy atom. The van der Waals surface area contributed by atoms with Gasteiger partial charge in [0.1, 0.15) is 0 Å². The summed E-state index contributed by atoms with van der Waals surface area (Å²) in [6.07, 6.45) is 0.954. The first-order valence-electron chi connectivity index (χ1n) is 3.69. The molecule has 3 heteroatoms. The standard InChI is InChI=1S/C7H13NO2/c1-3-4-8-7(9)6-5(2)10-6/h5-6H,3-4H2,1-2H3,(H,8,9). The van der Waals surface area contributed by atoms with Crippen molar-refractivity contribution in [2.75, 3.05) is 6.54 Å². The van der Waals surface area contributed by atoms with Gasteiger partial charge in [-0.1, -0.05) is 6.92 Å². The monoisotopic (exact) mass is 143 g/mol. The van der Waals surface area contributed by atoms with E-state index in [1.807, 2.05) is 13.8 Å². The molecule has 0 bridgehead atoms. The van der Waals surface area contributed by atoms with Crippen LogP contribution in [0.2, 0.25) is 0 Å². The molecule has 3 nitrogen and oxygen atoms in total. The van der Waals surface area contributed by atoms with Crippen LogP contribution in [0.3, 0.4) is 0 Å². The number of carbonyl (C=O) groups excluding carboxylic acids is 1. The molecule has 0 spiro atoms. The van der Waals surface area contributed by atoms with Crippen molar-refractivity contribution < 1.29 is 9.53 Å². The Labute approximate surface area is 60.7 Å². The predicted molar refractivity (Wildman–Crippen MR) is 37.6 cm³/mol. The van der Waals surface area contributed by atoms with Crippen LogP contribution in [-0.2, 0) is 9.53 Å². The summed E-state index contributed by atoms with van der Waals surface area (Å²) in [7, 11) is 0. The van der Waals surface area contributed by atoms with Gasteiger partial charge in [-0.25, -0.2) is 0 Å². The first-order chi connectivity index (χ1) is 4.75. The molecule has 0 saturated carbocycles. The number of ether oxygens (including phenoxy) is 1. The van der Waals surface area contributed by atoms with Gasteiger partial charge in [-0.15, -0.1) is 0 Å². The van der Waals surface area contributed by atoms with E-state index >= 15 is 0 Å². The van der Waals surface area contributed by atoms with Gasteiger partial charge in [0, 0.05) is 6.54 Å². The highest BCUT2D eigenvalue weighted by Crippen LogP contribution is 2.20. The van der Waals surface area contributed by atoms with Crippen molar-refractivity contribution >= 4 is 5.91 Å². The third kappa shape index (κ3) is 1.70. The highest BCUT2D eigenvalue weighted by molar-refractivity contribution is 5.83. The molecule has 58 valence electrons. The topological polar surface area (TPSA) is 41.6 Å². The van der Waals surface area contributed by atoms with Crippen LogP contribution in [-0.4, -0.2) is 24.7 Å². The lowest BCUT2D eigenvalue weighted by Crippen LogP contribution is -2.29. The van der Waals surface area contributed by atoms with Gasteiger partial charge in [-0.2, -0.15) is 0 Å². The van der Waals surface area contributed by atoms with Gasteiger partial charge >= 0.3 is 0 Å². The molecule has 1 N–H and O–H groups in total. The Kier molecular flexibility index (Phi) is 2.27. The van der Waals surface area contributed by atoms with Crippen molar-refractivity contribution in [3.05, 3.63) is 0 Å². The lowest BCUT2D eigenvalue weighted by atomic mass is 10.3. The van der Waals surface area contributed by atoms with Crippen molar-refractivity contribution in [3.63, 3.8) is 0 Å². The molecule has 0 aromatic heterocycles. The molecule has 1 fully saturated rings. The second-order valence-electron chi connectivity index (χ2n) is 2.55. The Morgan fingerprint density at radius 2 is 2.30 bits per heavy atom. The van der Waals surface area contributed by atoms with E-state index < -0.39 is 0 Å². The maximum Gasteiger partial charge on any atom is 0.251 e. The summed E-state index contributed by atoms with van der Waals surface area (Å²) in [5.74, 6) is 0.0364. The molecule has 0 aromatic carbocycles. The summed E-state index contributed by atoms with van der Waals surface area (Å²) >= 11 is 0. The Bertz CT molecular complexity index is 136. The van der Waals surface area contributed by atoms with Crippen molar-refractivity contribution in [2.24, 2.45) is 0 Å². The number of nitrogens with one attached hydrogen (secondary N) is 1. The minimum absolute atomic E-state index is 0.0364. The van der Waals surface area contributed by atoms with Crippen LogP contribution >= 0.6 is 0 Å². The summed E-state index contributed by atoms with van der Waals surface area (Å²) in [5, 5.41) is 2.76. The minimum atomic E-state index is -0.161. The van der Waals surface area contributed by atoms with Crippen LogP contribution < -0.4 is 5.32 Å². The number of hydrogen-bond acceptors (Lipinski definition) is 2. The first-order valence-corrected chi connectivity index (χ1v) is 3.69. The van der Waals surface area contributed by atoms with Crippen molar-refractivity contribution in [1.29, 1.82) is 0 Å². The average molecular weight is 143 g/mol. The van der Waals surface area contributed by atoms with Gasteiger partial charge < -0.3 is 10.1 Å². The van der Waals surface area contributed by atoms with Crippen LogP contribution in [0.1, 0.15) is 20.3 Å². The van der Waals surface area contributed by atoms with Crippen LogP contribution in [0.25, 0.3) is 0 Å². The minimum Gasteiger partial charge on any atom is -0.359 e. The van der Waals surface area contributed by atoms with E-state index in [1.54, 1.807) is 0 Å². The molecule has 0 aromatic rings. The Balaban J connectivity index is 2.11. The van der Waals surface area contributed by atoms with Gasteiger partial charge in [0.2, 0.25) is 0 Å². The number of epoxide rings is 1. The second-order valence-corrected chi connectivity index (χ2v) is 2.55. The second kappa shape index (κ2) is 3.01. The SMILES string of the molecule is CCCNC(=O)C1OC1C. The largest absolute Gasteiger partial charge is 0.359 e. The number of amides is 1. The third-order valence-corrected chi connectivity index (χ3v) is 1.52. The summed E-state index contributed by atoms with van der Waals surface area (Å²) in [5.41, 5.74) is 0. The molecule has 2 atom stereocenters. The van der Waals surface area contributed by atoms with E-state index in [1.165, 1.54) is 0 Å². The van der Waals surface area contributed by atoms with Crippen LogP contribution in [0.15, 0.2) is 0 Å². The van der Waals surface area contributed by atoms with Crippen LogP contribution in [0.5, 0.6) is 0 Å². The molecular formula is C7H13NO2. The van der Waals surface area contributed by atoms with Gasteiger partial charge in [0.25, 0.3) is 5.91 Å². The molecule has 1 amide bonds. The summed E-state index contributed by atoms with van der Waals surface area (Å²) in [4.78, 5) is 10.9. The fourth-order valence-corrected chi connectivity index (χ4v) is 0.810. The quantitative estimate of drug-likeness (QED) is 0.577. The summed E-state index contributed by atoms with van der Waals surface area (Å²) in [6.45, 7) is 4.68. The fourth-order valence-electron chi connectivity index (χ4n) is 0.810. The highest BCUT2D eigenvalue weighted by atomic mass is 16.6. The molecule has 10 heavy (non-hydrogen) atoms. The van der Waals surface area contributed by atoms with Gasteiger partial charge in [0.15, 0.2) is 6.10 Å². The zero-order valence-electron chi connectivity index (χ0n) is 6.39. The third-order valence-electron chi connectivity index (χ3n) is 1.52. The van der Waals surface area contributed by atoms with Gasteiger partial charge in [0.05, 0.1) is 6.10 Å². The number of rotatable bonds is 3. The van der Waals surface area contributed by atoms with Gasteiger partial charge in [-0.05, 0) is 13.3 Å². The molecule has 1 rings (SSSR count). The lowest BCUT2D eigenvalue weighted by Gasteiger charge is -1.97. The number of carbonyl (C=O) groups is 1. The molecule has 1 heterocycles. The molecule has 0 aliphatic carbocycles. The maximum atomic E-state index is 10.9. The Morgan fingerprint density at radius 1 is 1.70 bits per heavy atom. The van der Waals surface area contributed by atoms with Gasteiger partial charge in [-0.3, -0.25) is 4.79 Å². The van der Waals surface area contributed by atoms with Crippen LogP contribution in [0, 0.1) is 0 Å². The number of hydrogen-bond donors (Lipinski definition) is 1. The Hall–Kier alpha value is -0.570. The van der Waals surface area contributed by atoms with Crippen molar-refractivity contribution in [2.45, 2.75) is 32.5 Å². The molecule has 1 aliphatic heterocycles. The maximum absolute atomic E-state index is 10.9. The van der Waals surface area contributed by atoms with E-state index in [-0.39, 0.29) is 18.1 Å². The van der Waals surface area contributed by atoms with E-state index in [2.05, 4.69) is 5.32 Å². The van der Waals surface area contributed by atoms with Crippen molar-refractivity contribution in [1.82, 2.24) is 5.32 Å². The van der Waals surface area contributed by atoms with E-state index in [4.69, 9.17) is 4.74 Å². The summed E-state index contributed by atoms with van der Waals surface area (Å²) < 4.78 is 4.96. The molecular weight excluding hydrogens is 130 g/mol. The highest BCUT2D eigenvalue weighted by Gasteiger charge is 2.40. The zero-order valence-corrected chi connectivity index (χ0v) is 6.39. The fraction of sp³-hybridized carbons (Fsp3) is 0.857. The molecule has 0 radical (unpaired) electrons. The van der Waals surface area contributed by atoms with Crippen LogP contribution in [0.4, 0.5) is 0 Å². The predicted octanol–water partition coefficient (Wildman–Crippen LogP) is 0.300. The first kappa shape index (κ1) is 7.54. The molecule has 1 aliphatic rings. The zero-order chi connectivity index (χ0) is 7.56. The van der Waals surface area contributed by atoms with Crippen molar-refractivity contribution in [3.8, 4) is 0 Å². The smallest absolute Gasteiger partial charge is 0.251 e. The molecule has 2 unspecified atom stereocenters. The average Bonchev–Trinajstić information content (AvgIpc) is 2.62. The normalized spacial score (nSPS) is 29.8. The molecule has 1 saturated heterocycles. The summed E-state index contributed by atoms with van der Waals surface area (Å²) in [6, 6.07) is 0. The lowest BCUT2D eigenvalue weighted by molar-refractivity contribution is -0.122.